The molecule has 0 fully saturated rings. The van der Waals surface area contributed by atoms with Crippen LogP contribution in [0.3, 0.4) is 0 Å². The zero-order valence-electron chi connectivity index (χ0n) is 30.0. The summed E-state index contributed by atoms with van der Waals surface area (Å²) in [5.74, 6) is 1.85. The van der Waals surface area contributed by atoms with E-state index in [9.17, 15) is 0 Å². The molecule has 0 aliphatic heterocycles. The van der Waals surface area contributed by atoms with E-state index in [-0.39, 0.29) is 0 Å². The molecule has 0 atom stereocenters. The molecule has 3 aromatic heterocycles. The number of hydrogen-bond acceptors (Lipinski definition) is 4. The Morgan fingerprint density at radius 2 is 0.929 bits per heavy atom. The molecule has 0 saturated carbocycles. The largest absolute Gasteiger partial charge is 0.278 e. The fourth-order valence-electron chi connectivity index (χ4n) is 8.70. The Balaban J connectivity index is 1.29. The first-order valence-electron chi connectivity index (χ1n) is 18.9. The summed E-state index contributed by atoms with van der Waals surface area (Å²) < 4.78 is 4.85. The van der Waals surface area contributed by atoms with Gasteiger partial charge in [-0.3, -0.25) is 4.57 Å². The molecular formula is C51H30N4S. The molecule has 56 heavy (non-hydrogen) atoms. The zero-order valence-corrected chi connectivity index (χ0v) is 30.8. The van der Waals surface area contributed by atoms with Crippen LogP contribution in [0.15, 0.2) is 182 Å². The van der Waals surface area contributed by atoms with Gasteiger partial charge in [-0.15, -0.1) is 11.3 Å². The first-order valence-corrected chi connectivity index (χ1v) is 19.7. The Morgan fingerprint density at radius 3 is 1.64 bits per heavy atom. The molecule has 12 rings (SSSR count). The molecule has 5 heteroatoms. The molecule has 0 N–H and O–H groups in total. The standard InChI is InChI=1S/C51H30N4S/c1-3-16-32(17-4-1)49-52-50(33-18-5-2-6-19-33)54-51(53-49)55-42-26-14-13-25-40(42)44-43(55)30-41(35-28-27-31-15-7-8-20-34(31)29-35)48-46(44)45-38-23-11-9-21-36(38)37-22-10-12-24-39(37)47(45)56-48/h1-30H. The molecule has 0 aliphatic rings. The highest BCUT2D eigenvalue weighted by Crippen LogP contribution is 2.51. The lowest BCUT2D eigenvalue weighted by atomic mass is 9.93. The van der Waals surface area contributed by atoms with Gasteiger partial charge in [0.15, 0.2) is 11.6 Å². The summed E-state index contributed by atoms with van der Waals surface area (Å²) in [4.78, 5) is 15.6. The molecule has 0 spiro atoms. The first kappa shape index (κ1) is 31.2. The molecular weight excluding hydrogens is 701 g/mol. The normalized spacial score (nSPS) is 11.9. The van der Waals surface area contributed by atoms with Gasteiger partial charge >= 0.3 is 0 Å². The van der Waals surface area contributed by atoms with Gasteiger partial charge in [-0.2, -0.15) is 9.97 Å². The van der Waals surface area contributed by atoms with E-state index >= 15 is 0 Å². The van der Waals surface area contributed by atoms with Crippen LogP contribution in [0, 0.1) is 0 Å². The molecule has 0 unspecified atom stereocenters. The second-order valence-electron chi connectivity index (χ2n) is 14.3. The molecule has 4 nitrogen and oxygen atoms in total. The molecule has 0 amide bonds. The van der Waals surface area contributed by atoms with E-state index in [2.05, 4.69) is 150 Å². The van der Waals surface area contributed by atoms with Crippen LogP contribution in [0.2, 0.25) is 0 Å². The lowest BCUT2D eigenvalue weighted by molar-refractivity contribution is 0.954. The van der Waals surface area contributed by atoms with Crippen molar-refractivity contribution in [3.05, 3.63) is 182 Å². The second kappa shape index (κ2) is 12.2. The van der Waals surface area contributed by atoms with Crippen LogP contribution >= 0.6 is 11.3 Å². The van der Waals surface area contributed by atoms with Gasteiger partial charge in [0.05, 0.1) is 11.0 Å². The minimum Gasteiger partial charge on any atom is -0.278 e. The molecule has 12 aromatic rings. The van der Waals surface area contributed by atoms with E-state index in [0.717, 1.165) is 27.5 Å². The van der Waals surface area contributed by atoms with Gasteiger partial charge in [-0.1, -0.05) is 164 Å². The number of nitrogens with zero attached hydrogens (tertiary/aromatic N) is 4. The van der Waals surface area contributed by atoms with Crippen LogP contribution in [0.4, 0.5) is 0 Å². The van der Waals surface area contributed by atoms with Crippen molar-refractivity contribution >= 4 is 85.6 Å². The van der Waals surface area contributed by atoms with Gasteiger partial charge in [0, 0.05) is 53.0 Å². The van der Waals surface area contributed by atoms with Crippen molar-refractivity contribution in [2.45, 2.75) is 0 Å². The van der Waals surface area contributed by atoms with E-state index in [0.29, 0.717) is 17.6 Å². The van der Waals surface area contributed by atoms with E-state index < -0.39 is 0 Å². The van der Waals surface area contributed by atoms with E-state index in [1.807, 2.05) is 47.7 Å². The Kier molecular flexibility index (Phi) is 6.76. The van der Waals surface area contributed by atoms with Crippen LogP contribution in [0.25, 0.3) is 114 Å². The van der Waals surface area contributed by atoms with Gasteiger partial charge in [-0.05, 0) is 50.7 Å². The minimum absolute atomic E-state index is 0.586. The number of hydrogen-bond donors (Lipinski definition) is 0. The summed E-state index contributed by atoms with van der Waals surface area (Å²) in [5.41, 5.74) is 6.36. The minimum atomic E-state index is 0.586. The smallest absolute Gasteiger partial charge is 0.238 e. The number of benzene rings is 9. The molecule has 0 radical (unpaired) electrons. The summed E-state index contributed by atoms with van der Waals surface area (Å²) in [6, 6.07) is 64.8. The molecule has 3 heterocycles. The van der Waals surface area contributed by atoms with Gasteiger partial charge in [0.25, 0.3) is 0 Å². The first-order chi connectivity index (χ1) is 27.8. The maximum absolute atomic E-state index is 5.28. The van der Waals surface area contributed by atoms with Crippen molar-refractivity contribution in [1.29, 1.82) is 0 Å². The third-order valence-corrected chi connectivity index (χ3v) is 12.5. The summed E-state index contributed by atoms with van der Waals surface area (Å²) >= 11 is 1.91. The summed E-state index contributed by atoms with van der Waals surface area (Å²) in [6.07, 6.45) is 0. The van der Waals surface area contributed by atoms with Crippen LogP contribution in [-0.2, 0) is 0 Å². The number of rotatable bonds is 4. The van der Waals surface area contributed by atoms with Crippen LogP contribution < -0.4 is 0 Å². The summed E-state index contributed by atoms with van der Waals surface area (Å²) in [7, 11) is 0. The number of para-hydroxylation sites is 1. The Hall–Kier alpha value is -7.21. The van der Waals surface area contributed by atoms with Gasteiger partial charge in [-0.25, -0.2) is 4.98 Å². The maximum atomic E-state index is 5.28. The van der Waals surface area contributed by atoms with Crippen molar-refractivity contribution < 1.29 is 0 Å². The second-order valence-corrected chi connectivity index (χ2v) is 15.4. The monoisotopic (exact) mass is 730 g/mol. The number of fused-ring (bicyclic) bond motifs is 13. The van der Waals surface area contributed by atoms with Crippen molar-refractivity contribution in [2.24, 2.45) is 0 Å². The Bertz CT molecular complexity index is 3470. The summed E-state index contributed by atoms with van der Waals surface area (Å²) in [6.45, 7) is 0. The van der Waals surface area contributed by atoms with E-state index in [4.69, 9.17) is 15.0 Å². The molecule has 0 bridgehead atoms. The van der Waals surface area contributed by atoms with Crippen LogP contribution in [-0.4, -0.2) is 19.5 Å². The highest BCUT2D eigenvalue weighted by atomic mass is 32.1. The predicted octanol–water partition coefficient (Wildman–Crippen LogP) is 13.8. The van der Waals surface area contributed by atoms with E-state index in [1.54, 1.807) is 0 Å². The van der Waals surface area contributed by atoms with Crippen molar-refractivity contribution in [1.82, 2.24) is 19.5 Å². The van der Waals surface area contributed by atoms with Gasteiger partial charge in [0.1, 0.15) is 0 Å². The lowest BCUT2D eigenvalue weighted by Crippen LogP contribution is -2.06. The maximum Gasteiger partial charge on any atom is 0.238 e. The fraction of sp³-hybridized carbons (Fsp3) is 0. The predicted molar refractivity (Wildman–Crippen MR) is 236 cm³/mol. The Labute approximate surface area is 325 Å². The fourth-order valence-corrected chi connectivity index (χ4v) is 10.1. The van der Waals surface area contributed by atoms with Crippen molar-refractivity contribution in [2.75, 3.05) is 0 Å². The SMILES string of the molecule is c1ccc(-c2nc(-c3ccccc3)nc(-n3c4ccccc4c4c5c(sc6c7ccccc7c7ccccc7c65)c(-c5ccc6ccccc6c5)cc43)n2)cc1. The van der Waals surface area contributed by atoms with Gasteiger partial charge < -0.3 is 0 Å². The number of aromatic nitrogens is 4. The van der Waals surface area contributed by atoms with E-state index in [1.165, 1.54) is 69.0 Å². The molecule has 0 saturated heterocycles. The van der Waals surface area contributed by atoms with Crippen LogP contribution in [0.5, 0.6) is 0 Å². The number of thiophene rings is 1. The average Bonchev–Trinajstić information content (AvgIpc) is 3.83. The third-order valence-electron chi connectivity index (χ3n) is 11.2. The zero-order chi connectivity index (χ0) is 36.7. The summed E-state index contributed by atoms with van der Waals surface area (Å²) in [5, 5.41) is 12.5. The molecule has 9 aromatic carbocycles. The average molecular weight is 731 g/mol. The highest BCUT2D eigenvalue weighted by molar-refractivity contribution is 7.27. The van der Waals surface area contributed by atoms with Crippen molar-refractivity contribution in [3.63, 3.8) is 0 Å². The topological polar surface area (TPSA) is 43.6 Å². The third kappa shape index (κ3) is 4.62. The molecule has 260 valence electrons. The Morgan fingerprint density at radius 1 is 0.357 bits per heavy atom. The quantitative estimate of drug-likeness (QED) is 0.169. The highest BCUT2D eigenvalue weighted by Gasteiger charge is 2.25. The molecule has 0 aliphatic carbocycles. The van der Waals surface area contributed by atoms with Gasteiger partial charge in [0.2, 0.25) is 5.95 Å². The van der Waals surface area contributed by atoms with Crippen molar-refractivity contribution in [3.8, 4) is 39.9 Å². The lowest BCUT2D eigenvalue weighted by Gasteiger charge is -2.12. The van der Waals surface area contributed by atoms with Crippen LogP contribution in [0.1, 0.15) is 0 Å².